The summed E-state index contributed by atoms with van der Waals surface area (Å²) >= 11 is 5.83. The number of benzene rings is 1. The Morgan fingerprint density at radius 2 is 2.29 bits per heavy atom. The van der Waals surface area contributed by atoms with Crippen molar-refractivity contribution in [2.45, 2.75) is 6.54 Å². The number of rotatable bonds is 3. The van der Waals surface area contributed by atoms with Crippen LogP contribution in [0.15, 0.2) is 35.1 Å². The number of hydrogen-bond acceptors (Lipinski definition) is 4. The number of hydrogen-bond donors (Lipinski definition) is 2. The molecule has 2 aromatic rings. The van der Waals surface area contributed by atoms with Gasteiger partial charge in [0.25, 0.3) is 5.91 Å². The second-order valence-corrected chi connectivity index (χ2v) is 3.78. The van der Waals surface area contributed by atoms with Crippen LogP contribution in [-0.4, -0.2) is 11.1 Å². The van der Waals surface area contributed by atoms with Gasteiger partial charge < -0.3 is 15.6 Å². The number of nitrogens with one attached hydrogen (secondary N) is 1. The standard InChI is InChI=1S/C11H10ClN3O2/c12-9-3-1-2-8(10(9)13)11(16)14-6-7-4-5-17-15-7/h1-5H,6,13H2,(H,14,16). The van der Waals surface area contributed by atoms with Crippen LogP contribution in [0, 0.1) is 0 Å². The Labute approximate surface area is 103 Å². The quantitative estimate of drug-likeness (QED) is 0.816. The van der Waals surface area contributed by atoms with Gasteiger partial charge in [-0.2, -0.15) is 0 Å². The molecule has 1 heterocycles. The summed E-state index contributed by atoms with van der Waals surface area (Å²) < 4.78 is 4.65. The van der Waals surface area contributed by atoms with E-state index in [4.69, 9.17) is 17.3 Å². The highest BCUT2D eigenvalue weighted by molar-refractivity contribution is 6.33. The molecule has 0 fully saturated rings. The lowest BCUT2D eigenvalue weighted by Gasteiger charge is -2.07. The molecule has 3 N–H and O–H groups in total. The van der Waals surface area contributed by atoms with E-state index in [0.29, 0.717) is 16.3 Å². The number of carbonyl (C=O) groups excluding carboxylic acids is 1. The molecule has 0 aliphatic rings. The van der Waals surface area contributed by atoms with Crippen LogP contribution in [0.3, 0.4) is 0 Å². The van der Waals surface area contributed by atoms with Crippen LogP contribution in [-0.2, 0) is 6.54 Å². The first-order valence-electron chi connectivity index (χ1n) is 4.90. The zero-order valence-corrected chi connectivity index (χ0v) is 9.57. The maximum atomic E-state index is 11.8. The highest BCUT2D eigenvalue weighted by Crippen LogP contribution is 2.22. The fourth-order valence-electron chi connectivity index (χ4n) is 1.33. The van der Waals surface area contributed by atoms with E-state index < -0.39 is 0 Å². The molecule has 88 valence electrons. The van der Waals surface area contributed by atoms with E-state index in [0.717, 1.165) is 0 Å². The summed E-state index contributed by atoms with van der Waals surface area (Å²) in [6.07, 6.45) is 1.44. The summed E-state index contributed by atoms with van der Waals surface area (Å²) in [5, 5.41) is 6.70. The van der Waals surface area contributed by atoms with Crippen LogP contribution in [0.5, 0.6) is 0 Å². The van der Waals surface area contributed by atoms with E-state index in [1.165, 1.54) is 6.26 Å². The van der Waals surface area contributed by atoms with Gasteiger partial charge in [0, 0.05) is 6.07 Å². The molecule has 0 aliphatic heterocycles. The summed E-state index contributed by atoms with van der Waals surface area (Å²) in [6, 6.07) is 6.58. The molecule has 1 aromatic heterocycles. The summed E-state index contributed by atoms with van der Waals surface area (Å²) in [5.74, 6) is -0.298. The maximum Gasteiger partial charge on any atom is 0.253 e. The minimum absolute atomic E-state index is 0.270. The first kappa shape index (κ1) is 11.5. The van der Waals surface area contributed by atoms with Crippen molar-refractivity contribution in [2.24, 2.45) is 0 Å². The number of nitrogens with two attached hydrogens (primary N) is 1. The van der Waals surface area contributed by atoms with Crippen molar-refractivity contribution in [2.75, 3.05) is 5.73 Å². The van der Waals surface area contributed by atoms with Crippen molar-refractivity contribution in [3.8, 4) is 0 Å². The topological polar surface area (TPSA) is 81.2 Å². The van der Waals surface area contributed by atoms with E-state index in [9.17, 15) is 4.79 Å². The van der Waals surface area contributed by atoms with E-state index >= 15 is 0 Å². The number of halogens is 1. The highest BCUT2D eigenvalue weighted by atomic mass is 35.5. The molecular formula is C11H10ClN3O2. The number of carbonyl (C=O) groups is 1. The van der Waals surface area contributed by atoms with Gasteiger partial charge >= 0.3 is 0 Å². The number of aromatic nitrogens is 1. The fraction of sp³-hybridized carbons (Fsp3) is 0.0909. The Morgan fingerprint density at radius 1 is 1.47 bits per heavy atom. The van der Waals surface area contributed by atoms with E-state index in [-0.39, 0.29) is 18.1 Å². The second kappa shape index (κ2) is 4.88. The zero-order chi connectivity index (χ0) is 12.3. The van der Waals surface area contributed by atoms with Gasteiger partial charge in [0.1, 0.15) is 12.0 Å². The fourth-order valence-corrected chi connectivity index (χ4v) is 1.50. The van der Waals surface area contributed by atoms with Crippen molar-refractivity contribution in [3.63, 3.8) is 0 Å². The van der Waals surface area contributed by atoms with Crippen LogP contribution >= 0.6 is 11.6 Å². The Bertz CT molecular complexity index is 526. The molecule has 1 aromatic carbocycles. The first-order chi connectivity index (χ1) is 8.18. The predicted molar refractivity (Wildman–Crippen MR) is 63.5 cm³/mol. The largest absolute Gasteiger partial charge is 0.397 e. The number of nitrogens with zero attached hydrogens (tertiary/aromatic N) is 1. The second-order valence-electron chi connectivity index (χ2n) is 3.37. The SMILES string of the molecule is Nc1c(Cl)cccc1C(=O)NCc1ccon1. The third-order valence-electron chi connectivity index (χ3n) is 2.22. The average Bonchev–Trinajstić information content (AvgIpc) is 2.82. The third kappa shape index (κ3) is 2.57. The molecule has 0 radical (unpaired) electrons. The normalized spacial score (nSPS) is 10.2. The molecule has 0 saturated heterocycles. The number of nitrogen functional groups attached to an aromatic ring is 1. The van der Waals surface area contributed by atoms with Gasteiger partial charge in [-0.1, -0.05) is 22.8 Å². The van der Waals surface area contributed by atoms with Gasteiger partial charge in [-0.3, -0.25) is 4.79 Å². The summed E-state index contributed by atoms with van der Waals surface area (Å²) in [4.78, 5) is 11.8. The molecule has 0 aliphatic carbocycles. The number of amides is 1. The molecule has 5 nitrogen and oxygen atoms in total. The minimum atomic E-state index is -0.298. The smallest absolute Gasteiger partial charge is 0.253 e. The van der Waals surface area contributed by atoms with Crippen molar-refractivity contribution in [3.05, 3.63) is 46.8 Å². The van der Waals surface area contributed by atoms with Crippen LogP contribution in [0.4, 0.5) is 5.69 Å². The lowest BCUT2D eigenvalue weighted by Crippen LogP contribution is -2.24. The molecule has 0 atom stereocenters. The van der Waals surface area contributed by atoms with Gasteiger partial charge in [-0.05, 0) is 12.1 Å². The Balaban J connectivity index is 2.07. The van der Waals surface area contributed by atoms with Crippen molar-refractivity contribution in [1.82, 2.24) is 10.5 Å². The molecule has 0 saturated carbocycles. The lowest BCUT2D eigenvalue weighted by atomic mass is 10.1. The molecule has 6 heteroatoms. The van der Waals surface area contributed by atoms with Gasteiger partial charge in [-0.25, -0.2) is 0 Å². The monoisotopic (exact) mass is 251 g/mol. The summed E-state index contributed by atoms with van der Waals surface area (Å²) in [7, 11) is 0. The Morgan fingerprint density at radius 3 is 3.00 bits per heavy atom. The van der Waals surface area contributed by atoms with Gasteiger partial charge in [0.05, 0.1) is 22.8 Å². The lowest BCUT2D eigenvalue weighted by molar-refractivity contribution is 0.0951. The minimum Gasteiger partial charge on any atom is -0.397 e. The zero-order valence-electron chi connectivity index (χ0n) is 8.81. The Hall–Kier alpha value is -2.01. The van der Waals surface area contributed by atoms with Gasteiger partial charge in [0.2, 0.25) is 0 Å². The van der Waals surface area contributed by atoms with Gasteiger partial charge in [-0.15, -0.1) is 0 Å². The average molecular weight is 252 g/mol. The third-order valence-corrected chi connectivity index (χ3v) is 2.55. The number of para-hydroxylation sites is 1. The first-order valence-corrected chi connectivity index (χ1v) is 5.27. The number of anilines is 1. The van der Waals surface area contributed by atoms with Crippen LogP contribution in [0.1, 0.15) is 16.1 Å². The molecule has 1 amide bonds. The molecule has 0 unspecified atom stereocenters. The maximum absolute atomic E-state index is 11.8. The molecular weight excluding hydrogens is 242 g/mol. The Kier molecular flexibility index (Phi) is 3.30. The summed E-state index contributed by atoms with van der Waals surface area (Å²) in [5.41, 5.74) is 6.96. The molecule has 2 rings (SSSR count). The van der Waals surface area contributed by atoms with E-state index in [1.807, 2.05) is 0 Å². The van der Waals surface area contributed by atoms with E-state index in [2.05, 4.69) is 15.0 Å². The summed E-state index contributed by atoms with van der Waals surface area (Å²) in [6.45, 7) is 0.279. The van der Waals surface area contributed by atoms with E-state index in [1.54, 1.807) is 24.3 Å². The van der Waals surface area contributed by atoms with Crippen molar-refractivity contribution < 1.29 is 9.32 Å². The molecule has 0 bridgehead atoms. The molecule has 0 spiro atoms. The van der Waals surface area contributed by atoms with Crippen LogP contribution in [0.2, 0.25) is 5.02 Å². The van der Waals surface area contributed by atoms with Gasteiger partial charge in [0.15, 0.2) is 0 Å². The van der Waals surface area contributed by atoms with Crippen molar-refractivity contribution >= 4 is 23.2 Å². The predicted octanol–water partition coefficient (Wildman–Crippen LogP) is 1.84. The van der Waals surface area contributed by atoms with Crippen molar-refractivity contribution in [1.29, 1.82) is 0 Å². The van der Waals surface area contributed by atoms with Crippen LogP contribution in [0.25, 0.3) is 0 Å². The highest BCUT2D eigenvalue weighted by Gasteiger charge is 2.11. The molecule has 17 heavy (non-hydrogen) atoms. The van der Waals surface area contributed by atoms with Crippen LogP contribution < -0.4 is 11.1 Å².